The number of hydrogen-bond donors (Lipinski definition) is 2. The monoisotopic (exact) mass is 430 g/mol. The number of hydrogen-bond acceptors (Lipinski definition) is 7. The summed E-state index contributed by atoms with van der Waals surface area (Å²) in [7, 11) is 0. The molecule has 1 amide bonds. The number of carbonyl (C=O) groups excluding carboxylic acids is 2. The second kappa shape index (κ2) is 10.0. The van der Waals surface area contributed by atoms with Crippen LogP contribution in [-0.4, -0.2) is 44.3 Å². The fraction of sp³-hybridized carbons (Fsp3) is 0.350. The number of carbonyl (C=O) groups is 2. The van der Waals surface area contributed by atoms with Crippen molar-refractivity contribution in [3.63, 3.8) is 0 Å². The third-order valence-corrected chi connectivity index (χ3v) is 4.71. The predicted octanol–water partition coefficient (Wildman–Crippen LogP) is 2.39. The highest BCUT2D eigenvalue weighted by Crippen LogP contribution is 2.16. The van der Waals surface area contributed by atoms with Crippen LogP contribution in [0, 0.1) is 0 Å². The van der Waals surface area contributed by atoms with E-state index in [4.69, 9.17) is 16.3 Å². The molecule has 1 atom stereocenters. The Morgan fingerprint density at radius 1 is 1.20 bits per heavy atom. The molecule has 0 aliphatic rings. The van der Waals surface area contributed by atoms with Gasteiger partial charge in [0.05, 0.1) is 6.61 Å². The van der Waals surface area contributed by atoms with Crippen LogP contribution < -0.4 is 10.6 Å². The zero-order chi connectivity index (χ0) is 21.5. The summed E-state index contributed by atoms with van der Waals surface area (Å²) in [5.74, 6) is 0.434. The number of esters is 1. The van der Waals surface area contributed by atoms with Gasteiger partial charge in [-0.1, -0.05) is 29.8 Å². The van der Waals surface area contributed by atoms with Crippen LogP contribution in [0.15, 0.2) is 36.4 Å². The molecule has 2 heterocycles. The Labute approximate surface area is 178 Å². The van der Waals surface area contributed by atoms with Gasteiger partial charge in [0.1, 0.15) is 11.9 Å². The molecule has 158 valence electrons. The molecule has 1 aromatic carbocycles. The first-order chi connectivity index (χ1) is 14.5. The van der Waals surface area contributed by atoms with Crippen molar-refractivity contribution >= 4 is 34.9 Å². The molecule has 0 aliphatic carbocycles. The van der Waals surface area contributed by atoms with E-state index in [0.29, 0.717) is 35.3 Å². The van der Waals surface area contributed by atoms with E-state index in [1.807, 2.05) is 24.3 Å². The highest BCUT2D eigenvalue weighted by molar-refractivity contribution is 6.31. The Balaban J connectivity index is 1.61. The molecule has 0 unspecified atom stereocenters. The van der Waals surface area contributed by atoms with Crippen LogP contribution in [-0.2, 0) is 27.3 Å². The first kappa shape index (κ1) is 21.5. The summed E-state index contributed by atoms with van der Waals surface area (Å²) in [4.78, 5) is 23.8. The molecule has 30 heavy (non-hydrogen) atoms. The fourth-order valence-corrected chi connectivity index (χ4v) is 2.98. The van der Waals surface area contributed by atoms with E-state index in [2.05, 4.69) is 25.9 Å². The summed E-state index contributed by atoms with van der Waals surface area (Å²) in [6, 6.07) is 10.5. The molecule has 0 fully saturated rings. The number of fused-ring (bicyclic) bond motifs is 1. The van der Waals surface area contributed by atoms with Crippen LogP contribution in [0.3, 0.4) is 0 Å². The first-order valence-corrected chi connectivity index (χ1v) is 10.0. The Hall–Kier alpha value is -3.20. The maximum atomic E-state index is 12.1. The third kappa shape index (κ3) is 5.44. The number of benzene rings is 1. The number of aryl methyl sites for hydroxylation is 1. The minimum absolute atomic E-state index is 0.142. The number of nitrogens with zero attached hydrogens (tertiary/aromatic N) is 4. The van der Waals surface area contributed by atoms with Gasteiger partial charge in [-0.05, 0) is 37.6 Å². The van der Waals surface area contributed by atoms with Crippen molar-refractivity contribution < 1.29 is 14.3 Å². The molecular weight excluding hydrogens is 408 g/mol. The standard InChI is InChI=1S/C20H23ClN6O3/c1-3-30-20(29)13(2)23-19(28)11-10-18-25-24-17-9-8-16(26-27(17)18)22-12-14-6-4-5-7-15(14)21/h4-9,13H,3,10-12H2,1-2H3,(H,22,26)(H,23,28)/t13-/m1/s1. The number of nitrogens with one attached hydrogen (secondary N) is 2. The molecule has 3 rings (SSSR count). The van der Waals surface area contributed by atoms with Gasteiger partial charge in [0.2, 0.25) is 5.91 Å². The van der Waals surface area contributed by atoms with Gasteiger partial charge in [0.15, 0.2) is 11.5 Å². The van der Waals surface area contributed by atoms with Gasteiger partial charge < -0.3 is 15.4 Å². The minimum Gasteiger partial charge on any atom is -0.464 e. The number of amides is 1. The molecule has 10 heteroatoms. The largest absolute Gasteiger partial charge is 0.464 e. The van der Waals surface area contributed by atoms with E-state index >= 15 is 0 Å². The normalized spacial score (nSPS) is 11.8. The van der Waals surface area contributed by atoms with E-state index in [1.54, 1.807) is 30.5 Å². The zero-order valence-electron chi connectivity index (χ0n) is 16.8. The molecule has 0 aliphatic heterocycles. The van der Waals surface area contributed by atoms with Gasteiger partial charge in [0, 0.05) is 24.4 Å². The molecule has 0 spiro atoms. The summed E-state index contributed by atoms with van der Waals surface area (Å²) in [6.45, 7) is 4.08. The lowest BCUT2D eigenvalue weighted by Gasteiger charge is -2.12. The average Bonchev–Trinajstić information content (AvgIpc) is 3.14. The lowest BCUT2D eigenvalue weighted by Crippen LogP contribution is -2.39. The number of ether oxygens (including phenoxy) is 1. The van der Waals surface area contributed by atoms with E-state index in [9.17, 15) is 9.59 Å². The van der Waals surface area contributed by atoms with Gasteiger partial charge in [0.25, 0.3) is 0 Å². The van der Waals surface area contributed by atoms with E-state index in [-0.39, 0.29) is 18.9 Å². The number of halogens is 1. The molecular formula is C20H23ClN6O3. The number of rotatable bonds is 9. The number of anilines is 1. The van der Waals surface area contributed by atoms with Gasteiger partial charge >= 0.3 is 5.97 Å². The molecule has 2 aromatic heterocycles. The molecule has 3 aromatic rings. The number of aromatic nitrogens is 4. The molecule has 0 saturated heterocycles. The molecule has 0 saturated carbocycles. The molecule has 2 N–H and O–H groups in total. The van der Waals surface area contributed by atoms with Crippen LogP contribution in [0.1, 0.15) is 31.7 Å². The first-order valence-electron chi connectivity index (χ1n) is 9.62. The Morgan fingerprint density at radius 3 is 2.77 bits per heavy atom. The highest BCUT2D eigenvalue weighted by Gasteiger charge is 2.17. The van der Waals surface area contributed by atoms with Crippen molar-refractivity contribution in [2.45, 2.75) is 39.3 Å². The van der Waals surface area contributed by atoms with Gasteiger partial charge in [-0.15, -0.1) is 15.3 Å². The quantitative estimate of drug-likeness (QED) is 0.501. The molecule has 0 radical (unpaired) electrons. The van der Waals surface area contributed by atoms with Crippen molar-refractivity contribution in [2.24, 2.45) is 0 Å². The summed E-state index contributed by atoms with van der Waals surface area (Å²) >= 11 is 6.18. The second-order valence-electron chi connectivity index (χ2n) is 6.59. The Kier molecular flexibility index (Phi) is 7.18. The topological polar surface area (TPSA) is 111 Å². The second-order valence-corrected chi connectivity index (χ2v) is 7.00. The summed E-state index contributed by atoms with van der Waals surface area (Å²) in [5.41, 5.74) is 1.53. The van der Waals surface area contributed by atoms with Crippen LogP contribution in [0.4, 0.5) is 5.82 Å². The zero-order valence-corrected chi connectivity index (χ0v) is 17.5. The van der Waals surface area contributed by atoms with Crippen molar-refractivity contribution in [1.29, 1.82) is 0 Å². The van der Waals surface area contributed by atoms with E-state index in [1.165, 1.54) is 0 Å². The third-order valence-electron chi connectivity index (χ3n) is 4.34. The van der Waals surface area contributed by atoms with Crippen molar-refractivity contribution in [1.82, 2.24) is 25.1 Å². The smallest absolute Gasteiger partial charge is 0.328 e. The minimum atomic E-state index is -0.702. The van der Waals surface area contributed by atoms with E-state index < -0.39 is 12.0 Å². The summed E-state index contributed by atoms with van der Waals surface area (Å²) in [5, 5.41) is 19.2. The Bertz CT molecular complexity index is 1040. The van der Waals surface area contributed by atoms with Crippen LogP contribution >= 0.6 is 11.6 Å². The van der Waals surface area contributed by atoms with Crippen LogP contribution in [0.5, 0.6) is 0 Å². The predicted molar refractivity (Wildman–Crippen MR) is 112 cm³/mol. The van der Waals surface area contributed by atoms with Gasteiger partial charge in [-0.2, -0.15) is 4.52 Å². The highest BCUT2D eigenvalue weighted by atomic mass is 35.5. The Morgan fingerprint density at radius 2 is 2.00 bits per heavy atom. The van der Waals surface area contributed by atoms with E-state index in [0.717, 1.165) is 5.56 Å². The summed E-state index contributed by atoms with van der Waals surface area (Å²) < 4.78 is 6.48. The van der Waals surface area contributed by atoms with Crippen molar-refractivity contribution in [2.75, 3.05) is 11.9 Å². The van der Waals surface area contributed by atoms with Gasteiger partial charge in [-0.3, -0.25) is 4.79 Å². The molecule has 9 nitrogen and oxygen atoms in total. The fourth-order valence-electron chi connectivity index (χ4n) is 2.78. The van der Waals surface area contributed by atoms with Crippen molar-refractivity contribution in [3.8, 4) is 0 Å². The maximum Gasteiger partial charge on any atom is 0.328 e. The average molecular weight is 431 g/mol. The van der Waals surface area contributed by atoms with Gasteiger partial charge in [-0.25, -0.2) is 4.79 Å². The van der Waals surface area contributed by atoms with Crippen molar-refractivity contribution in [3.05, 3.63) is 52.8 Å². The SMILES string of the molecule is CCOC(=O)[C@@H](C)NC(=O)CCc1nnc2ccc(NCc3ccccc3Cl)nn12. The lowest BCUT2D eigenvalue weighted by molar-refractivity contribution is -0.146. The summed E-state index contributed by atoms with van der Waals surface area (Å²) in [6.07, 6.45) is 0.465. The van der Waals surface area contributed by atoms with Crippen LogP contribution in [0.25, 0.3) is 5.65 Å². The lowest BCUT2D eigenvalue weighted by atomic mass is 10.2. The maximum absolute atomic E-state index is 12.1. The molecule has 0 bridgehead atoms. The van der Waals surface area contributed by atoms with Crippen LogP contribution in [0.2, 0.25) is 5.02 Å².